The van der Waals surface area contributed by atoms with Crippen molar-refractivity contribution in [2.45, 2.75) is 19.4 Å². The number of hydrogen-bond acceptors (Lipinski definition) is 2. The maximum atomic E-state index is 13.3. The first kappa shape index (κ1) is 17.2. The van der Waals surface area contributed by atoms with Crippen molar-refractivity contribution in [1.29, 1.82) is 0 Å². The number of halogens is 2. The summed E-state index contributed by atoms with van der Waals surface area (Å²) in [5, 5.41) is 6.02. The number of carbonyl (C=O) groups is 2. The summed E-state index contributed by atoms with van der Waals surface area (Å²) in [6.45, 7) is 2.15. The molecule has 3 amide bonds. The Morgan fingerprint density at radius 2 is 2.08 bits per heavy atom. The molecule has 1 atom stereocenters. The molecule has 130 valence electrons. The van der Waals surface area contributed by atoms with Crippen LogP contribution in [0.15, 0.2) is 42.5 Å². The number of benzene rings is 2. The van der Waals surface area contributed by atoms with Gasteiger partial charge in [0.1, 0.15) is 5.82 Å². The molecule has 7 heteroatoms. The molecule has 1 aliphatic rings. The molecule has 2 N–H and O–H groups in total. The zero-order chi connectivity index (χ0) is 18.0. The lowest BCUT2D eigenvalue weighted by molar-refractivity contribution is -0.117. The van der Waals surface area contributed by atoms with Gasteiger partial charge < -0.3 is 15.5 Å². The highest BCUT2D eigenvalue weighted by Gasteiger charge is 2.31. The first-order valence-electron chi connectivity index (χ1n) is 7.82. The number of nitrogens with zero attached hydrogens (tertiary/aromatic N) is 1. The van der Waals surface area contributed by atoms with E-state index in [0.29, 0.717) is 22.9 Å². The van der Waals surface area contributed by atoms with E-state index in [9.17, 15) is 14.0 Å². The zero-order valence-corrected chi connectivity index (χ0v) is 14.3. The number of rotatable bonds is 3. The van der Waals surface area contributed by atoms with Crippen molar-refractivity contribution in [3.63, 3.8) is 0 Å². The van der Waals surface area contributed by atoms with E-state index in [1.807, 2.05) is 13.0 Å². The Morgan fingerprint density at radius 1 is 1.28 bits per heavy atom. The topological polar surface area (TPSA) is 61.4 Å². The lowest BCUT2D eigenvalue weighted by atomic mass is 10.2. The molecule has 2 aromatic carbocycles. The summed E-state index contributed by atoms with van der Waals surface area (Å²) < 4.78 is 13.3. The van der Waals surface area contributed by atoms with Crippen LogP contribution in [0, 0.1) is 12.7 Å². The maximum absolute atomic E-state index is 13.3. The highest BCUT2D eigenvalue weighted by Crippen LogP contribution is 2.23. The van der Waals surface area contributed by atoms with Gasteiger partial charge >= 0.3 is 6.03 Å². The Morgan fingerprint density at radius 3 is 2.84 bits per heavy atom. The molecule has 1 saturated heterocycles. The molecule has 0 aromatic heterocycles. The van der Waals surface area contributed by atoms with Gasteiger partial charge in [0.15, 0.2) is 0 Å². The van der Waals surface area contributed by atoms with Crippen molar-refractivity contribution < 1.29 is 14.0 Å². The Labute approximate surface area is 149 Å². The third-order valence-corrected chi connectivity index (χ3v) is 4.26. The number of hydrogen-bond donors (Lipinski definition) is 2. The average Bonchev–Trinajstić information content (AvgIpc) is 2.91. The fourth-order valence-corrected chi connectivity index (χ4v) is 2.94. The molecule has 1 fully saturated rings. The van der Waals surface area contributed by atoms with Crippen molar-refractivity contribution >= 4 is 34.9 Å². The van der Waals surface area contributed by atoms with E-state index in [-0.39, 0.29) is 18.4 Å². The molecule has 1 aliphatic heterocycles. The van der Waals surface area contributed by atoms with Crippen LogP contribution in [0.1, 0.15) is 12.0 Å². The van der Waals surface area contributed by atoms with E-state index >= 15 is 0 Å². The lowest BCUT2D eigenvalue weighted by Gasteiger charge is -2.18. The minimum atomic E-state index is -0.413. The predicted molar refractivity (Wildman–Crippen MR) is 95.5 cm³/mol. The molecule has 2 aromatic rings. The molecular formula is C18H17ClFN3O2. The smallest absolute Gasteiger partial charge is 0.319 e. The Balaban J connectivity index is 1.63. The molecule has 25 heavy (non-hydrogen) atoms. The van der Waals surface area contributed by atoms with E-state index in [0.717, 1.165) is 5.56 Å². The minimum absolute atomic E-state index is 0.158. The quantitative estimate of drug-likeness (QED) is 0.875. The molecule has 0 saturated carbocycles. The first-order valence-corrected chi connectivity index (χ1v) is 8.20. The van der Waals surface area contributed by atoms with Crippen LogP contribution in [0.2, 0.25) is 5.02 Å². The molecule has 3 rings (SSSR count). The zero-order valence-electron chi connectivity index (χ0n) is 13.6. The molecule has 1 heterocycles. The monoisotopic (exact) mass is 361 g/mol. The second-order valence-electron chi connectivity index (χ2n) is 5.94. The van der Waals surface area contributed by atoms with Crippen molar-refractivity contribution in [3.05, 3.63) is 58.9 Å². The van der Waals surface area contributed by atoms with Crippen molar-refractivity contribution in [2.24, 2.45) is 0 Å². The number of anilines is 2. The van der Waals surface area contributed by atoms with E-state index < -0.39 is 11.8 Å². The van der Waals surface area contributed by atoms with Gasteiger partial charge in [-0.05, 0) is 42.8 Å². The van der Waals surface area contributed by atoms with Crippen molar-refractivity contribution in [1.82, 2.24) is 5.32 Å². The van der Waals surface area contributed by atoms with Gasteiger partial charge in [0.2, 0.25) is 5.91 Å². The van der Waals surface area contributed by atoms with Gasteiger partial charge in [-0.25, -0.2) is 9.18 Å². The predicted octanol–water partition coefficient (Wildman–Crippen LogP) is 3.71. The van der Waals surface area contributed by atoms with E-state index in [2.05, 4.69) is 10.6 Å². The van der Waals surface area contributed by atoms with Crippen LogP contribution in [-0.4, -0.2) is 24.5 Å². The van der Waals surface area contributed by atoms with E-state index in [4.69, 9.17) is 11.6 Å². The second-order valence-corrected chi connectivity index (χ2v) is 6.38. The minimum Gasteiger partial charge on any atom is -0.333 e. The van der Waals surface area contributed by atoms with Gasteiger partial charge in [-0.3, -0.25) is 4.79 Å². The summed E-state index contributed by atoms with van der Waals surface area (Å²) in [6, 6.07) is 10.3. The van der Waals surface area contributed by atoms with E-state index in [1.165, 1.54) is 17.0 Å². The second kappa shape index (κ2) is 7.11. The fraction of sp³-hybridized carbons (Fsp3) is 0.222. The van der Waals surface area contributed by atoms with E-state index in [1.54, 1.807) is 24.3 Å². The highest BCUT2D eigenvalue weighted by atomic mass is 35.5. The van der Waals surface area contributed by atoms with Gasteiger partial charge in [0, 0.05) is 29.4 Å². The molecule has 0 unspecified atom stereocenters. The molecule has 0 radical (unpaired) electrons. The highest BCUT2D eigenvalue weighted by molar-refractivity contribution is 6.31. The van der Waals surface area contributed by atoms with Crippen LogP contribution in [0.3, 0.4) is 0 Å². The standard InChI is InChI=1S/C18H17ClFN3O2/c1-11-5-6-12(19)7-16(11)22-18(25)21-14-9-17(24)23(10-14)15-4-2-3-13(20)8-15/h2-8,14H,9-10H2,1H3,(H2,21,22,25)/t14-/m0/s1. The summed E-state index contributed by atoms with van der Waals surface area (Å²) in [5.41, 5.74) is 1.97. The van der Waals surface area contributed by atoms with Crippen LogP contribution >= 0.6 is 11.6 Å². The molecule has 0 bridgehead atoms. The number of urea groups is 1. The van der Waals surface area contributed by atoms with Gasteiger partial charge in [-0.2, -0.15) is 0 Å². The third kappa shape index (κ3) is 4.09. The summed E-state index contributed by atoms with van der Waals surface area (Å²) in [4.78, 5) is 25.8. The third-order valence-electron chi connectivity index (χ3n) is 4.03. The lowest BCUT2D eigenvalue weighted by Crippen LogP contribution is -2.39. The van der Waals surface area contributed by atoms with Crippen LogP contribution in [0.25, 0.3) is 0 Å². The summed E-state index contributed by atoms with van der Waals surface area (Å²) in [6.07, 6.45) is 0.165. The number of aryl methyl sites for hydroxylation is 1. The van der Waals surface area contributed by atoms with Crippen LogP contribution in [0.5, 0.6) is 0 Å². The largest absolute Gasteiger partial charge is 0.333 e. The van der Waals surface area contributed by atoms with Crippen molar-refractivity contribution in [3.8, 4) is 0 Å². The molecule has 5 nitrogen and oxygen atoms in total. The maximum Gasteiger partial charge on any atom is 0.319 e. The normalized spacial score (nSPS) is 16.8. The Bertz CT molecular complexity index is 828. The number of amides is 3. The fourth-order valence-electron chi connectivity index (χ4n) is 2.77. The number of carbonyl (C=O) groups excluding carboxylic acids is 2. The van der Waals surface area contributed by atoms with Gasteiger partial charge in [0.05, 0.1) is 6.04 Å². The average molecular weight is 362 g/mol. The van der Waals surface area contributed by atoms with Gasteiger partial charge in [0.25, 0.3) is 0 Å². The van der Waals surface area contributed by atoms with Crippen LogP contribution in [0.4, 0.5) is 20.6 Å². The number of nitrogens with one attached hydrogen (secondary N) is 2. The van der Waals surface area contributed by atoms with Crippen molar-refractivity contribution in [2.75, 3.05) is 16.8 Å². The van der Waals surface area contributed by atoms with Crippen LogP contribution < -0.4 is 15.5 Å². The molecule has 0 spiro atoms. The first-order chi connectivity index (χ1) is 11.9. The Hall–Kier alpha value is -2.60. The van der Waals surface area contributed by atoms with Gasteiger partial charge in [-0.1, -0.05) is 23.7 Å². The SMILES string of the molecule is Cc1ccc(Cl)cc1NC(=O)N[C@H]1CC(=O)N(c2cccc(F)c2)C1. The van der Waals surface area contributed by atoms with Gasteiger partial charge in [-0.15, -0.1) is 0 Å². The summed E-state index contributed by atoms with van der Waals surface area (Å²) in [7, 11) is 0. The summed E-state index contributed by atoms with van der Waals surface area (Å²) in [5.74, 6) is -0.564. The molecular weight excluding hydrogens is 345 g/mol. The Kier molecular flexibility index (Phi) is 4.90. The summed E-state index contributed by atoms with van der Waals surface area (Å²) >= 11 is 5.94. The molecule has 0 aliphatic carbocycles. The van der Waals surface area contributed by atoms with Crippen LogP contribution in [-0.2, 0) is 4.79 Å².